The highest BCUT2D eigenvalue weighted by Gasteiger charge is 2.18. The van der Waals surface area contributed by atoms with Crippen LogP contribution in [-0.4, -0.2) is 49.1 Å². The molecule has 0 aliphatic carbocycles. The Morgan fingerprint density at radius 3 is 2.15 bits per heavy atom. The van der Waals surface area contributed by atoms with E-state index < -0.39 is 24.6 Å². The SMILES string of the molecule is COc1cc(NC(=O)N[C@H](CO)C(=O)O)cc(OC)c1. The highest BCUT2D eigenvalue weighted by Crippen LogP contribution is 2.25. The van der Waals surface area contributed by atoms with E-state index in [0.717, 1.165) is 0 Å². The first-order valence-electron chi connectivity index (χ1n) is 5.64. The molecule has 110 valence electrons. The zero-order valence-corrected chi connectivity index (χ0v) is 11.0. The van der Waals surface area contributed by atoms with Gasteiger partial charge in [0.1, 0.15) is 11.5 Å². The Balaban J connectivity index is 2.77. The molecule has 0 heterocycles. The van der Waals surface area contributed by atoms with Crippen LogP contribution in [-0.2, 0) is 4.79 Å². The van der Waals surface area contributed by atoms with Gasteiger partial charge < -0.3 is 30.3 Å². The molecule has 0 spiro atoms. The minimum Gasteiger partial charge on any atom is -0.497 e. The molecule has 0 fully saturated rings. The number of carboxylic acids is 1. The average Bonchev–Trinajstić information content (AvgIpc) is 2.43. The predicted molar refractivity (Wildman–Crippen MR) is 70.2 cm³/mol. The zero-order chi connectivity index (χ0) is 15.1. The molecule has 0 aromatic heterocycles. The number of nitrogens with one attached hydrogen (secondary N) is 2. The summed E-state index contributed by atoms with van der Waals surface area (Å²) in [7, 11) is 2.93. The maximum absolute atomic E-state index is 11.6. The van der Waals surface area contributed by atoms with Crippen LogP contribution in [0.5, 0.6) is 11.5 Å². The highest BCUT2D eigenvalue weighted by molar-refractivity contribution is 5.92. The number of carbonyl (C=O) groups is 2. The van der Waals surface area contributed by atoms with E-state index in [4.69, 9.17) is 19.7 Å². The summed E-state index contributed by atoms with van der Waals surface area (Å²) in [5.74, 6) is -0.390. The van der Waals surface area contributed by atoms with Crippen molar-refractivity contribution in [1.29, 1.82) is 0 Å². The third-order valence-corrected chi connectivity index (χ3v) is 2.40. The number of aliphatic hydroxyl groups excluding tert-OH is 1. The minimum absolute atomic E-state index is 0.362. The van der Waals surface area contributed by atoms with Gasteiger partial charge in [-0.25, -0.2) is 9.59 Å². The Kier molecular flexibility index (Phi) is 5.60. The van der Waals surface area contributed by atoms with Crippen LogP contribution in [0.4, 0.5) is 10.5 Å². The van der Waals surface area contributed by atoms with Crippen molar-refractivity contribution in [3.63, 3.8) is 0 Å². The molecule has 1 atom stereocenters. The molecule has 0 unspecified atom stereocenters. The van der Waals surface area contributed by atoms with Gasteiger partial charge in [0.25, 0.3) is 0 Å². The number of methoxy groups -OCH3 is 2. The van der Waals surface area contributed by atoms with Crippen LogP contribution >= 0.6 is 0 Å². The number of urea groups is 1. The van der Waals surface area contributed by atoms with Crippen LogP contribution in [0.3, 0.4) is 0 Å². The lowest BCUT2D eigenvalue weighted by atomic mass is 10.2. The fourth-order valence-electron chi connectivity index (χ4n) is 1.39. The number of aliphatic carboxylic acids is 1. The van der Waals surface area contributed by atoms with E-state index >= 15 is 0 Å². The number of hydrogen-bond donors (Lipinski definition) is 4. The number of aliphatic hydroxyl groups is 1. The minimum atomic E-state index is -1.37. The van der Waals surface area contributed by atoms with Gasteiger partial charge in [0.2, 0.25) is 0 Å². The van der Waals surface area contributed by atoms with Crippen molar-refractivity contribution in [2.45, 2.75) is 6.04 Å². The Morgan fingerprint density at radius 1 is 1.20 bits per heavy atom. The van der Waals surface area contributed by atoms with E-state index in [0.29, 0.717) is 17.2 Å². The molecule has 20 heavy (non-hydrogen) atoms. The number of carboxylic acid groups (broad SMARTS) is 1. The molecule has 1 aromatic rings. The van der Waals surface area contributed by atoms with Gasteiger partial charge in [0.15, 0.2) is 6.04 Å². The van der Waals surface area contributed by atoms with Crippen LogP contribution in [0.1, 0.15) is 0 Å². The summed E-state index contributed by atoms with van der Waals surface area (Å²) in [6.45, 7) is -0.704. The average molecular weight is 284 g/mol. The molecular weight excluding hydrogens is 268 g/mol. The molecule has 4 N–H and O–H groups in total. The number of carbonyl (C=O) groups excluding carboxylic acids is 1. The standard InChI is InChI=1S/C12H16N2O6/c1-19-8-3-7(4-9(5-8)20-2)13-12(18)14-10(6-15)11(16)17/h3-5,10,15H,6H2,1-2H3,(H,16,17)(H2,13,14,18)/t10-/m1/s1. The van der Waals surface area contributed by atoms with Gasteiger partial charge in [0.05, 0.1) is 20.8 Å². The van der Waals surface area contributed by atoms with E-state index in [-0.39, 0.29) is 0 Å². The predicted octanol–water partition coefficient (Wildman–Crippen LogP) is 0.271. The maximum Gasteiger partial charge on any atom is 0.328 e. The lowest BCUT2D eigenvalue weighted by Gasteiger charge is -2.13. The lowest BCUT2D eigenvalue weighted by Crippen LogP contribution is -2.45. The van der Waals surface area contributed by atoms with Gasteiger partial charge in [-0.05, 0) is 0 Å². The van der Waals surface area contributed by atoms with Crippen LogP contribution in [0.15, 0.2) is 18.2 Å². The van der Waals surface area contributed by atoms with Crippen LogP contribution < -0.4 is 20.1 Å². The second-order valence-electron chi connectivity index (χ2n) is 3.77. The molecule has 1 rings (SSSR count). The van der Waals surface area contributed by atoms with Crippen molar-refractivity contribution in [3.05, 3.63) is 18.2 Å². The summed E-state index contributed by atoms with van der Waals surface area (Å²) in [5.41, 5.74) is 0.362. The first kappa shape index (κ1) is 15.6. The first-order valence-corrected chi connectivity index (χ1v) is 5.64. The quantitative estimate of drug-likeness (QED) is 0.595. The molecule has 0 aliphatic rings. The summed E-state index contributed by atoms with van der Waals surface area (Å²) in [6, 6.07) is 2.56. The van der Waals surface area contributed by atoms with Crippen LogP contribution in [0, 0.1) is 0 Å². The van der Waals surface area contributed by atoms with Gasteiger partial charge in [-0.3, -0.25) is 0 Å². The summed E-state index contributed by atoms with van der Waals surface area (Å²) < 4.78 is 10.1. The highest BCUT2D eigenvalue weighted by atomic mass is 16.5. The van der Waals surface area contributed by atoms with Crippen molar-refractivity contribution < 1.29 is 29.3 Å². The Bertz CT molecular complexity index is 469. The monoisotopic (exact) mass is 284 g/mol. The second kappa shape index (κ2) is 7.19. The topological polar surface area (TPSA) is 117 Å². The molecule has 0 saturated carbocycles. The Hall–Kier alpha value is -2.48. The smallest absolute Gasteiger partial charge is 0.328 e. The number of benzene rings is 1. The molecular formula is C12H16N2O6. The van der Waals surface area contributed by atoms with Gasteiger partial charge in [-0.2, -0.15) is 0 Å². The van der Waals surface area contributed by atoms with E-state index in [1.54, 1.807) is 6.07 Å². The van der Waals surface area contributed by atoms with Gasteiger partial charge in [0, 0.05) is 23.9 Å². The van der Waals surface area contributed by atoms with E-state index in [9.17, 15) is 9.59 Å². The number of anilines is 1. The fourth-order valence-corrected chi connectivity index (χ4v) is 1.39. The molecule has 8 heteroatoms. The molecule has 0 saturated heterocycles. The fraction of sp³-hybridized carbons (Fsp3) is 0.333. The van der Waals surface area contributed by atoms with E-state index in [1.165, 1.54) is 26.4 Å². The number of hydrogen-bond acceptors (Lipinski definition) is 5. The van der Waals surface area contributed by atoms with Crippen molar-refractivity contribution in [2.24, 2.45) is 0 Å². The number of amides is 2. The van der Waals surface area contributed by atoms with E-state index in [1.807, 2.05) is 0 Å². The second-order valence-corrected chi connectivity index (χ2v) is 3.77. The normalized spacial score (nSPS) is 11.3. The summed E-state index contributed by atoms with van der Waals surface area (Å²) in [6.07, 6.45) is 0. The molecule has 0 aliphatic heterocycles. The summed E-state index contributed by atoms with van der Waals surface area (Å²) in [5, 5.41) is 22.1. The van der Waals surface area contributed by atoms with Crippen LogP contribution in [0.2, 0.25) is 0 Å². The van der Waals surface area contributed by atoms with E-state index in [2.05, 4.69) is 10.6 Å². The molecule has 1 aromatic carbocycles. The van der Waals surface area contributed by atoms with Gasteiger partial charge >= 0.3 is 12.0 Å². The van der Waals surface area contributed by atoms with Crippen molar-refractivity contribution in [3.8, 4) is 11.5 Å². The summed E-state index contributed by atoms with van der Waals surface area (Å²) >= 11 is 0. The van der Waals surface area contributed by atoms with Crippen molar-refractivity contribution in [2.75, 3.05) is 26.1 Å². The lowest BCUT2D eigenvalue weighted by molar-refractivity contribution is -0.140. The summed E-state index contributed by atoms with van der Waals surface area (Å²) in [4.78, 5) is 22.3. The molecule has 8 nitrogen and oxygen atoms in total. The molecule has 0 radical (unpaired) electrons. The maximum atomic E-state index is 11.6. The van der Waals surface area contributed by atoms with Gasteiger partial charge in [-0.1, -0.05) is 0 Å². The number of ether oxygens (including phenoxy) is 2. The largest absolute Gasteiger partial charge is 0.497 e. The Morgan fingerprint density at radius 2 is 1.75 bits per heavy atom. The Labute approximate surface area is 115 Å². The van der Waals surface area contributed by atoms with Crippen LogP contribution in [0.25, 0.3) is 0 Å². The molecule has 2 amide bonds. The third kappa shape index (κ3) is 4.32. The van der Waals surface area contributed by atoms with Gasteiger partial charge in [-0.15, -0.1) is 0 Å². The molecule has 0 bridgehead atoms. The number of rotatable bonds is 6. The zero-order valence-electron chi connectivity index (χ0n) is 11.0. The first-order chi connectivity index (χ1) is 9.49. The van der Waals surface area contributed by atoms with Crippen molar-refractivity contribution in [1.82, 2.24) is 5.32 Å². The van der Waals surface area contributed by atoms with Crippen molar-refractivity contribution >= 4 is 17.7 Å². The third-order valence-electron chi connectivity index (χ3n) is 2.40.